The highest BCUT2D eigenvalue weighted by Crippen LogP contribution is 2.25. The average molecular weight is 424 g/mol. The van der Waals surface area contributed by atoms with Crippen LogP contribution in [0.5, 0.6) is 5.75 Å². The van der Waals surface area contributed by atoms with Crippen LogP contribution in [0.2, 0.25) is 0 Å². The molecule has 0 unspecified atom stereocenters. The van der Waals surface area contributed by atoms with Crippen molar-refractivity contribution in [1.82, 2.24) is 15.5 Å². The lowest BCUT2D eigenvalue weighted by molar-refractivity contribution is -0.116. The van der Waals surface area contributed by atoms with Gasteiger partial charge < -0.3 is 25.6 Å². The number of likely N-dealkylation sites (N-methyl/N-ethyl adjacent to an activating group) is 1. The summed E-state index contributed by atoms with van der Waals surface area (Å²) in [4.78, 5) is 18.5. The van der Waals surface area contributed by atoms with Crippen molar-refractivity contribution in [1.29, 1.82) is 0 Å². The lowest BCUT2D eigenvalue weighted by Crippen LogP contribution is -2.38. The number of amides is 1. The van der Waals surface area contributed by atoms with E-state index < -0.39 is 0 Å². The van der Waals surface area contributed by atoms with Gasteiger partial charge in [-0.3, -0.25) is 4.79 Å². The molecule has 1 amide bonds. The van der Waals surface area contributed by atoms with Crippen molar-refractivity contribution in [3.63, 3.8) is 0 Å². The Kier molecular flexibility index (Phi) is 8.29. The molecule has 0 radical (unpaired) electrons. The average Bonchev–Trinajstić information content (AvgIpc) is 3.19. The quantitative estimate of drug-likeness (QED) is 0.427. The summed E-state index contributed by atoms with van der Waals surface area (Å²) >= 11 is 0. The Morgan fingerprint density at radius 1 is 1.13 bits per heavy atom. The summed E-state index contributed by atoms with van der Waals surface area (Å²) in [7, 11) is 3.75. The number of hydrogen-bond donors (Lipinski definition) is 3. The van der Waals surface area contributed by atoms with Crippen LogP contribution in [-0.4, -0.2) is 57.1 Å². The van der Waals surface area contributed by atoms with Crippen LogP contribution in [0.1, 0.15) is 23.6 Å². The topological polar surface area (TPSA) is 78.0 Å². The maximum atomic E-state index is 12.0. The van der Waals surface area contributed by atoms with E-state index in [9.17, 15) is 4.79 Å². The first kappa shape index (κ1) is 22.6. The van der Waals surface area contributed by atoms with E-state index in [0.29, 0.717) is 13.1 Å². The highest BCUT2D eigenvalue weighted by Gasteiger charge is 2.11. The van der Waals surface area contributed by atoms with Gasteiger partial charge in [0.25, 0.3) is 0 Å². The summed E-state index contributed by atoms with van der Waals surface area (Å²) in [5.74, 6) is 1.78. The van der Waals surface area contributed by atoms with Crippen LogP contribution >= 0.6 is 0 Å². The van der Waals surface area contributed by atoms with Gasteiger partial charge in [-0.05, 0) is 62.3 Å². The molecule has 1 aliphatic heterocycles. The number of carbonyl (C=O) groups excluding carboxylic acids is 1. The number of benzene rings is 2. The Hall–Kier alpha value is -3.06. The normalized spacial score (nSPS) is 13.0. The predicted molar refractivity (Wildman–Crippen MR) is 126 cm³/mol. The maximum absolute atomic E-state index is 12.0. The number of guanidine groups is 1. The molecule has 0 fully saturated rings. The first-order chi connectivity index (χ1) is 15.0. The zero-order chi connectivity index (χ0) is 22.1. The third kappa shape index (κ3) is 7.29. The lowest BCUT2D eigenvalue weighted by atomic mass is 10.1. The minimum Gasteiger partial charge on any atom is -0.493 e. The Labute approximate surface area is 184 Å². The van der Waals surface area contributed by atoms with Crippen molar-refractivity contribution >= 4 is 17.6 Å². The largest absolute Gasteiger partial charge is 0.493 e. The molecule has 0 aromatic heterocycles. The Balaban J connectivity index is 1.53. The van der Waals surface area contributed by atoms with Gasteiger partial charge in [0, 0.05) is 25.2 Å². The second-order valence-corrected chi connectivity index (χ2v) is 7.90. The number of hydrogen-bond acceptors (Lipinski definition) is 4. The van der Waals surface area contributed by atoms with Gasteiger partial charge in [-0.25, -0.2) is 4.99 Å². The fourth-order valence-electron chi connectivity index (χ4n) is 3.47. The molecule has 3 rings (SSSR count). The molecule has 0 saturated carbocycles. The zero-order valence-corrected chi connectivity index (χ0v) is 18.7. The van der Waals surface area contributed by atoms with Gasteiger partial charge in [0.05, 0.1) is 19.7 Å². The number of rotatable bonds is 9. The number of nitrogens with one attached hydrogen (secondary N) is 3. The van der Waals surface area contributed by atoms with E-state index in [4.69, 9.17) is 9.73 Å². The van der Waals surface area contributed by atoms with Gasteiger partial charge >= 0.3 is 0 Å². The monoisotopic (exact) mass is 423 g/mol. The molecule has 7 heteroatoms. The summed E-state index contributed by atoms with van der Waals surface area (Å²) in [6.07, 6.45) is 1.92. The Morgan fingerprint density at radius 3 is 2.81 bits per heavy atom. The van der Waals surface area contributed by atoms with Gasteiger partial charge in [-0.15, -0.1) is 0 Å². The number of anilines is 1. The SMILES string of the molecule is CCNC(=NCc1cccc(NC(=O)CN(C)C)c1)NCCc1ccc2c(c1)CCO2. The highest BCUT2D eigenvalue weighted by atomic mass is 16.5. The lowest BCUT2D eigenvalue weighted by Gasteiger charge is -2.12. The summed E-state index contributed by atoms with van der Waals surface area (Å²) in [5.41, 5.74) is 4.43. The van der Waals surface area contributed by atoms with Crippen LogP contribution in [0, 0.1) is 0 Å². The second kappa shape index (κ2) is 11.4. The van der Waals surface area contributed by atoms with Gasteiger partial charge in [0.15, 0.2) is 5.96 Å². The van der Waals surface area contributed by atoms with Gasteiger partial charge in [-0.1, -0.05) is 24.3 Å². The van der Waals surface area contributed by atoms with Crippen LogP contribution < -0.4 is 20.7 Å². The van der Waals surface area contributed by atoms with E-state index in [1.807, 2.05) is 43.3 Å². The van der Waals surface area contributed by atoms with Crippen molar-refractivity contribution in [2.24, 2.45) is 4.99 Å². The molecule has 1 heterocycles. The fourth-order valence-corrected chi connectivity index (χ4v) is 3.47. The van der Waals surface area contributed by atoms with Crippen molar-refractivity contribution in [3.05, 3.63) is 59.2 Å². The van der Waals surface area contributed by atoms with Gasteiger partial charge in [0.1, 0.15) is 5.75 Å². The van der Waals surface area contributed by atoms with Crippen molar-refractivity contribution in [2.75, 3.05) is 45.7 Å². The van der Waals surface area contributed by atoms with Crippen molar-refractivity contribution in [2.45, 2.75) is 26.3 Å². The van der Waals surface area contributed by atoms with E-state index in [1.165, 1.54) is 11.1 Å². The molecular weight excluding hydrogens is 390 g/mol. The predicted octanol–water partition coefficient (Wildman–Crippen LogP) is 2.42. The van der Waals surface area contributed by atoms with E-state index in [2.05, 4.69) is 41.1 Å². The number of carbonyl (C=O) groups is 1. The zero-order valence-electron chi connectivity index (χ0n) is 18.7. The standard InChI is InChI=1S/C24H33N5O2/c1-4-25-24(26-12-10-18-8-9-22-20(14-18)11-13-31-22)27-16-19-6-5-7-21(15-19)28-23(30)17-29(2)3/h5-9,14-15H,4,10-13,16-17H2,1-3H3,(H,28,30)(H2,25,26,27). The van der Waals surface area contributed by atoms with Crippen LogP contribution in [0.25, 0.3) is 0 Å². The van der Waals surface area contributed by atoms with Crippen molar-refractivity contribution in [3.8, 4) is 5.75 Å². The van der Waals surface area contributed by atoms with Gasteiger partial charge in [0.2, 0.25) is 5.91 Å². The van der Waals surface area contributed by atoms with Crippen LogP contribution in [0.15, 0.2) is 47.5 Å². The van der Waals surface area contributed by atoms with E-state index >= 15 is 0 Å². The first-order valence-corrected chi connectivity index (χ1v) is 10.8. The molecule has 0 spiro atoms. The molecule has 0 aliphatic carbocycles. The maximum Gasteiger partial charge on any atom is 0.238 e. The summed E-state index contributed by atoms with van der Waals surface area (Å²) < 4.78 is 5.58. The summed E-state index contributed by atoms with van der Waals surface area (Å²) in [6, 6.07) is 14.3. The molecule has 7 nitrogen and oxygen atoms in total. The molecule has 3 N–H and O–H groups in total. The summed E-state index contributed by atoms with van der Waals surface area (Å²) in [6.45, 7) is 5.32. The van der Waals surface area contributed by atoms with Crippen LogP contribution in [0.3, 0.4) is 0 Å². The molecule has 0 bridgehead atoms. The Morgan fingerprint density at radius 2 is 2.00 bits per heavy atom. The second-order valence-electron chi connectivity index (χ2n) is 7.90. The molecule has 2 aromatic rings. The number of nitrogens with zero attached hydrogens (tertiary/aromatic N) is 2. The molecular formula is C24H33N5O2. The molecule has 31 heavy (non-hydrogen) atoms. The molecule has 1 aliphatic rings. The van der Waals surface area contributed by atoms with E-state index in [1.54, 1.807) is 0 Å². The van der Waals surface area contributed by atoms with Crippen LogP contribution in [-0.2, 0) is 24.2 Å². The number of ether oxygens (including phenoxy) is 1. The Bertz CT molecular complexity index is 911. The number of aliphatic imine (C=N–C) groups is 1. The highest BCUT2D eigenvalue weighted by molar-refractivity contribution is 5.92. The van der Waals surface area contributed by atoms with Crippen molar-refractivity contribution < 1.29 is 9.53 Å². The molecule has 166 valence electrons. The molecule has 0 saturated heterocycles. The third-order valence-corrected chi connectivity index (χ3v) is 4.89. The summed E-state index contributed by atoms with van der Waals surface area (Å²) in [5, 5.41) is 9.63. The molecule has 2 aromatic carbocycles. The smallest absolute Gasteiger partial charge is 0.238 e. The minimum absolute atomic E-state index is 0.0289. The number of fused-ring (bicyclic) bond motifs is 1. The first-order valence-electron chi connectivity index (χ1n) is 10.8. The minimum atomic E-state index is -0.0289. The molecule has 0 atom stereocenters. The third-order valence-electron chi connectivity index (χ3n) is 4.89. The van der Waals surface area contributed by atoms with E-state index in [-0.39, 0.29) is 5.91 Å². The van der Waals surface area contributed by atoms with Gasteiger partial charge in [-0.2, -0.15) is 0 Å². The fraction of sp³-hybridized carbons (Fsp3) is 0.417. The van der Waals surface area contributed by atoms with Crippen LogP contribution in [0.4, 0.5) is 5.69 Å². The van der Waals surface area contributed by atoms with E-state index in [0.717, 1.165) is 55.5 Å².